The van der Waals surface area contributed by atoms with E-state index >= 15 is 0 Å². The van der Waals surface area contributed by atoms with Gasteiger partial charge >= 0.3 is 0 Å². The van der Waals surface area contributed by atoms with Crippen LogP contribution in [0.3, 0.4) is 0 Å². The maximum atomic E-state index is 13.7. The molecule has 3 rings (SSSR count). The van der Waals surface area contributed by atoms with Crippen LogP contribution in [0.2, 0.25) is 0 Å². The van der Waals surface area contributed by atoms with Crippen molar-refractivity contribution < 1.29 is 24.1 Å². The normalized spacial score (nSPS) is 19.0. The van der Waals surface area contributed by atoms with Crippen molar-refractivity contribution in [3.05, 3.63) is 41.2 Å². The van der Waals surface area contributed by atoms with E-state index in [0.29, 0.717) is 42.8 Å². The van der Waals surface area contributed by atoms with Crippen molar-refractivity contribution in [1.82, 2.24) is 14.7 Å². The van der Waals surface area contributed by atoms with Gasteiger partial charge in [-0.05, 0) is 43.0 Å². The Morgan fingerprint density at radius 3 is 2.61 bits per heavy atom. The highest BCUT2D eigenvalue weighted by molar-refractivity contribution is 5.93. The summed E-state index contributed by atoms with van der Waals surface area (Å²) in [5.41, 5.74) is 2.28. The first-order chi connectivity index (χ1) is 14.9. The van der Waals surface area contributed by atoms with E-state index in [4.69, 9.17) is 14.2 Å². The third kappa shape index (κ3) is 4.85. The molecule has 0 saturated carbocycles. The number of hydrogen-bond donors (Lipinski definition) is 1. The summed E-state index contributed by atoms with van der Waals surface area (Å²) in [6, 6.07) is 6.95. The number of aromatic nitrogens is 2. The fourth-order valence-electron chi connectivity index (χ4n) is 4.09. The highest BCUT2D eigenvalue weighted by atomic mass is 16.5. The molecule has 2 atom stereocenters. The van der Waals surface area contributed by atoms with Crippen LogP contribution < -0.4 is 9.47 Å². The molecule has 31 heavy (non-hydrogen) atoms. The lowest BCUT2D eigenvalue weighted by atomic mass is 9.97. The molecule has 170 valence electrons. The largest absolute Gasteiger partial charge is 0.493 e. The fraction of sp³-hybridized carbons (Fsp3) is 0.565. The summed E-state index contributed by atoms with van der Waals surface area (Å²) >= 11 is 0. The van der Waals surface area contributed by atoms with Crippen LogP contribution in [0.25, 0.3) is 0 Å². The number of nitrogens with zero attached hydrogens (tertiary/aromatic N) is 3. The molecule has 0 unspecified atom stereocenters. The van der Waals surface area contributed by atoms with Gasteiger partial charge in [0, 0.05) is 13.1 Å². The highest BCUT2D eigenvalue weighted by Gasteiger charge is 2.38. The minimum absolute atomic E-state index is 0.120. The summed E-state index contributed by atoms with van der Waals surface area (Å²) in [6.07, 6.45) is 0.276. The Labute approximate surface area is 183 Å². The number of methoxy groups -OCH3 is 2. The smallest absolute Gasteiger partial charge is 0.272 e. The summed E-state index contributed by atoms with van der Waals surface area (Å²) < 4.78 is 18.4. The summed E-state index contributed by atoms with van der Waals surface area (Å²) in [6.45, 7) is 7.43. The lowest BCUT2D eigenvalue weighted by Crippen LogP contribution is -2.49. The predicted molar refractivity (Wildman–Crippen MR) is 117 cm³/mol. The van der Waals surface area contributed by atoms with Crippen molar-refractivity contribution in [1.29, 1.82) is 0 Å². The first-order valence-corrected chi connectivity index (χ1v) is 10.8. The zero-order chi connectivity index (χ0) is 22.5. The Balaban J connectivity index is 2.00. The second-order valence-corrected chi connectivity index (χ2v) is 8.08. The molecule has 1 amide bonds. The number of amides is 1. The number of ether oxygens (including phenoxy) is 3. The number of aliphatic hydroxyl groups is 1. The number of morpholine rings is 1. The minimum atomic E-state index is -0.538. The molecule has 0 radical (unpaired) electrons. The van der Waals surface area contributed by atoms with Crippen LogP contribution in [0, 0.1) is 5.92 Å². The lowest BCUT2D eigenvalue weighted by Gasteiger charge is -2.41. The van der Waals surface area contributed by atoms with Gasteiger partial charge in [0.15, 0.2) is 11.5 Å². The monoisotopic (exact) mass is 431 g/mol. The van der Waals surface area contributed by atoms with Gasteiger partial charge in [0.05, 0.1) is 39.2 Å². The van der Waals surface area contributed by atoms with Crippen LogP contribution in [-0.2, 0) is 17.7 Å². The van der Waals surface area contributed by atoms with Crippen LogP contribution in [0.1, 0.15) is 48.6 Å². The van der Waals surface area contributed by atoms with E-state index in [-0.39, 0.29) is 12.5 Å². The Morgan fingerprint density at radius 2 is 2.00 bits per heavy atom. The summed E-state index contributed by atoms with van der Waals surface area (Å²) in [5.74, 6) is 1.49. The second-order valence-electron chi connectivity index (χ2n) is 8.08. The Morgan fingerprint density at radius 1 is 1.26 bits per heavy atom. The molecule has 1 aromatic carbocycles. The van der Waals surface area contributed by atoms with E-state index in [1.807, 2.05) is 25.1 Å². The average molecular weight is 432 g/mol. The molecule has 2 aromatic rings. The van der Waals surface area contributed by atoms with Crippen LogP contribution in [-0.4, -0.2) is 65.8 Å². The van der Waals surface area contributed by atoms with Gasteiger partial charge in [0.25, 0.3) is 5.91 Å². The summed E-state index contributed by atoms with van der Waals surface area (Å²) in [7, 11) is 3.15. The Kier molecular flexibility index (Phi) is 7.56. The maximum Gasteiger partial charge on any atom is 0.272 e. The second kappa shape index (κ2) is 10.2. The van der Waals surface area contributed by atoms with E-state index < -0.39 is 12.1 Å². The van der Waals surface area contributed by atoms with Gasteiger partial charge in [0.1, 0.15) is 11.8 Å². The van der Waals surface area contributed by atoms with Crippen molar-refractivity contribution >= 4 is 5.91 Å². The van der Waals surface area contributed by atoms with Gasteiger partial charge in [-0.25, -0.2) is 0 Å². The van der Waals surface area contributed by atoms with Gasteiger partial charge in [-0.1, -0.05) is 19.9 Å². The Bertz CT molecular complexity index is 895. The minimum Gasteiger partial charge on any atom is -0.493 e. The third-order valence-electron chi connectivity index (χ3n) is 5.51. The molecule has 2 heterocycles. The molecular weight excluding hydrogens is 398 g/mol. The summed E-state index contributed by atoms with van der Waals surface area (Å²) in [5, 5.41) is 14.6. The van der Waals surface area contributed by atoms with Gasteiger partial charge < -0.3 is 24.2 Å². The quantitative estimate of drug-likeness (QED) is 0.692. The van der Waals surface area contributed by atoms with Crippen molar-refractivity contribution in [3.63, 3.8) is 0 Å². The zero-order valence-electron chi connectivity index (χ0n) is 19.0. The fourth-order valence-corrected chi connectivity index (χ4v) is 4.09. The molecule has 1 saturated heterocycles. The molecule has 1 N–H and O–H groups in total. The van der Waals surface area contributed by atoms with Crippen molar-refractivity contribution in [2.45, 2.75) is 45.9 Å². The van der Waals surface area contributed by atoms with Crippen LogP contribution in [0.5, 0.6) is 11.5 Å². The molecular formula is C23H33N3O5. The molecule has 1 aromatic heterocycles. The highest BCUT2D eigenvalue weighted by Crippen LogP contribution is 2.36. The van der Waals surface area contributed by atoms with E-state index in [1.54, 1.807) is 29.9 Å². The number of carbonyl (C=O) groups is 1. The van der Waals surface area contributed by atoms with Crippen molar-refractivity contribution in [2.75, 3.05) is 34.0 Å². The Hall–Kier alpha value is -2.58. The SMILES string of the molecule is CCn1nc(CC(C)C)cc1C(=O)N1CCO[C@H](CO)[C@H]1c1ccc(OC)c(OC)c1. The molecule has 1 fully saturated rings. The van der Waals surface area contributed by atoms with Gasteiger partial charge in [-0.2, -0.15) is 5.10 Å². The maximum absolute atomic E-state index is 13.7. The zero-order valence-corrected chi connectivity index (χ0v) is 19.0. The molecule has 8 nitrogen and oxygen atoms in total. The molecule has 8 heteroatoms. The molecule has 1 aliphatic heterocycles. The van der Waals surface area contributed by atoms with Crippen LogP contribution in [0.4, 0.5) is 0 Å². The number of carbonyl (C=O) groups excluding carboxylic acids is 1. The first-order valence-electron chi connectivity index (χ1n) is 10.8. The number of hydrogen-bond acceptors (Lipinski definition) is 6. The van der Waals surface area contributed by atoms with Gasteiger partial charge in [-0.3, -0.25) is 9.48 Å². The van der Waals surface area contributed by atoms with Gasteiger partial charge in [-0.15, -0.1) is 0 Å². The van der Waals surface area contributed by atoms with E-state index in [0.717, 1.165) is 17.7 Å². The number of aryl methyl sites for hydroxylation is 1. The number of aliphatic hydroxyl groups excluding tert-OH is 1. The number of benzene rings is 1. The topological polar surface area (TPSA) is 86.1 Å². The van der Waals surface area contributed by atoms with Crippen molar-refractivity contribution in [2.24, 2.45) is 5.92 Å². The average Bonchev–Trinajstić information content (AvgIpc) is 3.19. The molecule has 0 aliphatic carbocycles. The number of rotatable bonds is 8. The first kappa shape index (κ1) is 23.1. The predicted octanol–water partition coefficient (Wildman–Crippen LogP) is 2.69. The molecule has 0 bridgehead atoms. The van der Waals surface area contributed by atoms with Crippen LogP contribution in [0.15, 0.2) is 24.3 Å². The lowest BCUT2D eigenvalue weighted by molar-refractivity contribution is -0.0814. The van der Waals surface area contributed by atoms with E-state index in [1.165, 1.54) is 0 Å². The summed E-state index contributed by atoms with van der Waals surface area (Å²) in [4.78, 5) is 15.4. The van der Waals surface area contributed by atoms with Crippen LogP contribution >= 0.6 is 0 Å². The van der Waals surface area contributed by atoms with E-state index in [9.17, 15) is 9.90 Å². The standard InChI is InChI=1S/C23H33N3O5/c1-6-26-18(13-17(24-26)11-15(2)3)23(28)25-9-10-31-21(14-27)22(25)16-7-8-19(29-4)20(12-16)30-5/h7-8,12-13,15,21-22,27H,6,9-11,14H2,1-5H3/t21-,22-/m1/s1. The van der Waals surface area contributed by atoms with E-state index in [2.05, 4.69) is 18.9 Å². The molecule has 0 spiro atoms. The van der Waals surface area contributed by atoms with Crippen molar-refractivity contribution in [3.8, 4) is 11.5 Å². The van der Waals surface area contributed by atoms with Gasteiger partial charge in [0.2, 0.25) is 0 Å². The third-order valence-corrected chi connectivity index (χ3v) is 5.51. The molecule has 1 aliphatic rings.